The fourth-order valence-electron chi connectivity index (χ4n) is 3.37. The third-order valence-corrected chi connectivity index (χ3v) is 4.97. The molecule has 0 aromatic carbocycles. The van der Waals surface area contributed by atoms with Gasteiger partial charge in [-0.25, -0.2) is 4.79 Å². The first-order valence-electron chi connectivity index (χ1n) is 9.02. The zero-order chi connectivity index (χ0) is 17.7. The van der Waals surface area contributed by atoms with Gasteiger partial charge in [-0.3, -0.25) is 19.8 Å². The highest BCUT2D eigenvalue weighted by Crippen LogP contribution is 2.17. The van der Waals surface area contributed by atoms with Crippen LogP contribution < -0.4 is 10.6 Å². The van der Waals surface area contributed by atoms with Gasteiger partial charge in [0.05, 0.1) is 6.04 Å². The third kappa shape index (κ3) is 4.93. The molecule has 0 spiro atoms. The van der Waals surface area contributed by atoms with Crippen molar-refractivity contribution in [2.75, 3.05) is 26.2 Å². The molecule has 4 amide bonds. The molecule has 0 aromatic heterocycles. The molecule has 7 nitrogen and oxygen atoms in total. The predicted molar refractivity (Wildman–Crippen MR) is 91.4 cm³/mol. The molecule has 1 heterocycles. The summed E-state index contributed by atoms with van der Waals surface area (Å²) < 4.78 is 0. The Bertz CT molecular complexity index is 466. The molecule has 24 heavy (non-hydrogen) atoms. The molecule has 7 heteroatoms. The van der Waals surface area contributed by atoms with Crippen molar-refractivity contribution in [1.29, 1.82) is 0 Å². The summed E-state index contributed by atoms with van der Waals surface area (Å²) >= 11 is 0. The zero-order valence-electron chi connectivity index (χ0n) is 15.0. The van der Waals surface area contributed by atoms with Gasteiger partial charge in [-0.15, -0.1) is 0 Å². The maximum atomic E-state index is 12.3. The van der Waals surface area contributed by atoms with Crippen molar-refractivity contribution >= 4 is 17.8 Å². The van der Waals surface area contributed by atoms with Crippen molar-refractivity contribution in [3.8, 4) is 0 Å². The second-order valence-corrected chi connectivity index (χ2v) is 7.14. The van der Waals surface area contributed by atoms with E-state index in [-0.39, 0.29) is 29.8 Å². The molecule has 1 unspecified atom stereocenters. The van der Waals surface area contributed by atoms with Crippen molar-refractivity contribution in [3.63, 3.8) is 0 Å². The van der Waals surface area contributed by atoms with E-state index in [1.54, 1.807) is 6.92 Å². The van der Waals surface area contributed by atoms with Gasteiger partial charge in [0.25, 0.3) is 0 Å². The van der Waals surface area contributed by atoms with Crippen LogP contribution in [0.3, 0.4) is 0 Å². The Kier molecular flexibility index (Phi) is 6.60. The molecule has 0 radical (unpaired) electrons. The van der Waals surface area contributed by atoms with Crippen molar-refractivity contribution in [1.82, 2.24) is 20.4 Å². The van der Waals surface area contributed by atoms with Crippen LogP contribution in [0.1, 0.15) is 46.5 Å². The third-order valence-electron chi connectivity index (χ3n) is 4.97. The van der Waals surface area contributed by atoms with E-state index in [1.165, 1.54) is 0 Å². The zero-order valence-corrected chi connectivity index (χ0v) is 15.0. The topological polar surface area (TPSA) is 81.8 Å². The second kappa shape index (κ2) is 8.46. The first-order valence-corrected chi connectivity index (χ1v) is 9.02. The highest BCUT2D eigenvalue weighted by molar-refractivity contribution is 5.96. The molecule has 0 bridgehead atoms. The van der Waals surface area contributed by atoms with Crippen LogP contribution in [0, 0.1) is 5.92 Å². The van der Waals surface area contributed by atoms with Crippen LogP contribution in [0.15, 0.2) is 0 Å². The monoisotopic (exact) mass is 338 g/mol. The van der Waals surface area contributed by atoms with E-state index in [4.69, 9.17) is 0 Å². The molecule has 1 atom stereocenters. The van der Waals surface area contributed by atoms with Crippen LogP contribution in [0.25, 0.3) is 0 Å². The number of carbonyl (C=O) groups is 3. The van der Waals surface area contributed by atoms with Gasteiger partial charge in [0, 0.05) is 38.1 Å². The molecule has 1 aliphatic carbocycles. The van der Waals surface area contributed by atoms with Gasteiger partial charge in [0.1, 0.15) is 0 Å². The Hall–Kier alpha value is -1.63. The number of carbonyl (C=O) groups excluding carboxylic acids is 3. The Morgan fingerprint density at radius 1 is 0.958 bits per heavy atom. The molecule has 136 valence electrons. The van der Waals surface area contributed by atoms with Gasteiger partial charge >= 0.3 is 6.03 Å². The van der Waals surface area contributed by atoms with Crippen LogP contribution in [0.2, 0.25) is 0 Å². The number of piperazine rings is 1. The summed E-state index contributed by atoms with van der Waals surface area (Å²) in [6, 6.07) is -0.582. The normalized spacial score (nSPS) is 20.9. The van der Waals surface area contributed by atoms with Crippen LogP contribution >= 0.6 is 0 Å². The van der Waals surface area contributed by atoms with Gasteiger partial charge in [0.15, 0.2) is 0 Å². The van der Waals surface area contributed by atoms with Gasteiger partial charge < -0.3 is 10.2 Å². The molecule has 2 aliphatic rings. The van der Waals surface area contributed by atoms with E-state index in [0.29, 0.717) is 26.2 Å². The molecular weight excluding hydrogens is 308 g/mol. The minimum atomic E-state index is -0.396. The summed E-state index contributed by atoms with van der Waals surface area (Å²) in [5, 5.41) is 5.30. The van der Waals surface area contributed by atoms with Crippen molar-refractivity contribution < 1.29 is 14.4 Å². The van der Waals surface area contributed by atoms with E-state index < -0.39 is 6.03 Å². The predicted octanol–water partition coefficient (Wildman–Crippen LogP) is 0.944. The number of nitrogens with one attached hydrogen (secondary N) is 2. The molecule has 0 aromatic rings. The Balaban J connectivity index is 1.75. The number of hydrogen-bond donors (Lipinski definition) is 2. The lowest BCUT2D eigenvalue weighted by atomic mass is 10.1. The van der Waals surface area contributed by atoms with Gasteiger partial charge in [-0.05, 0) is 19.8 Å². The van der Waals surface area contributed by atoms with E-state index in [2.05, 4.69) is 10.6 Å². The lowest BCUT2D eigenvalue weighted by Gasteiger charge is -2.38. The second-order valence-electron chi connectivity index (χ2n) is 7.14. The smallest absolute Gasteiger partial charge is 0.321 e. The minimum absolute atomic E-state index is 0.00319. The summed E-state index contributed by atoms with van der Waals surface area (Å²) in [5.74, 6) is -0.131. The fourth-order valence-corrected chi connectivity index (χ4v) is 3.37. The highest BCUT2D eigenvalue weighted by atomic mass is 16.2. The summed E-state index contributed by atoms with van der Waals surface area (Å²) in [7, 11) is 0. The highest BCUT2D eigenvalue weighted by Gasteiger charge is 2.29. The van der Waals surface area contributed by atoms with Gasteiger partial charge in [-0.1, -0.05) is 26.7 Å². The lowest BCUT2D eigenvalue weighted by Crippen LogP contribution is -2.57. The number of imide groups is 1. The maximum absolute atomic E-state index is 12.3. The summed E-state index contributed by atoms with van der Waals surface area (Å²) in [4.78, 5) is 40.0. The molecule has 2 N–H and O–H groups in total. The van der Waals surface area contributed by atoms with Crippen LogP contribution in [-0.2, 0) is 9.59 Å². The fraction of sp³-hybridized carbons (Fsp3) is 0.824. The molecule has 1 saturated heterocycles. The van der Waals surface area contributed by atoms with Crippen molar-refractivity contribution in [2.24, 2.45) is 5.92 Å². The lowest BCUT2D eigenvalue weighted by molar-refractivity contribution is -0.137. The number of urea groups is 1. The van der Waals surface area contributed by atoms with E-state index >= 15 is 0 Å². The molecule has 1 aliphatic heterocycles. The number of amides is 4. The summed E-state index contributed by atoms with van der Waals surface area (Å²) in [6.45, 7) is 8.15. The average molecular weight is 338 g/mol. The standard InChI is InChI=1S/C17H30N4O3/c1-12(2)16(23)21-10-8-20(9-11-21)13(3)15(22)19-17(24)18-14-6-4-5-7-14/h12-14H,4-11H2,1-3H3,(H2,18,19,22,24). The van der Waals surface area contributed by atoms with Crippen molar-refractivity contribution in [2.45, 2.75) is 58.5 Å². The first-order chi connectivity index (χ1) is 11.4. The van der Waals surface area contributed by atoms with Crippen LogP contribution in [0.5, 0.6) is 0 Å². The molecular formula is C17H30N4O3. The number of nitrogens with zero attached hydrogens (tertiary/aromatic N) is 2. The van der Waals surface area contributed by atoms with E-state index in [0.717, 1.165) is 25.7 Å². The van der Waals surface area contributed by atoms with Crippen LogP contribution in [0.4, 0.5) is 4.79 Å². The first kappa shape index (κ1) is 18.7. The summed E-state index contributed by atoms with van der Waals surface area (Å²) in [5.41, 5.74) is 0. The van der Waals surface area contributed by atoms with E-state index in [9.17, 15) is 14.4 Å². The summed E-state index contributed by atoms with van der Waals surface area (Å²) in [6.07, 6.45) is 4.25. The number of hydrogen-bond acceptors (Lipinski definition) is 4. The molecule has 1 saturated carbocycles. The quantitative estimate of drug-likeness (QED) is 0.799. The Morgan fingerprint density at radius 2 is 1.54 bits per heavy atom. The largest absolute Gasteiger partial charge is 0.340 e. The Morgan fingerprint density at radius 3 is 2.08 bits per heavy atom. The van der Waals surface area contributed by atoms with Gasteiger partial charge in [-0.2, -0.15) is 0 Å². The molecule has 2 fully saturated rings. The average Bonchev–Trinajstić information content (AvgIpc) is 3.06. The Labute approximate surface area is 144 Å². The minimum Gasteiger partial charge on any atom is -0.340 e. The maximum Gasteiger partial charge on any atom is 0.321 e. The number of rotatable bonds is 4. The van der Waals surface area contributed by atoms with Gasteiger partial charge in [0.2, 0.25) is 11.8 Å². The SMILES string of the molecule is CC(C)C(=O)N1CCN(C(C)C(=O)NC(=O)NC2CCCC2)CC1. The van der Waals surface area contributed by atoms with E-state index in [1.807, 2.05) is 23.6 Å². The molecule has 2 rings (SSSR count). The van der Waals surface area contributed by atoms with Crippen LogP contribution in [-0.4, -0.2) is 65.9 Å². The van der Waals surface area contributed by atoms with Crippen molar-refractivity contribution in [3.05, 3.63) is 0 Å².